The second-order valence-electron chi connectivity index (χ2n) is 5.43. The van der Waals surface area contributed by atoms with Gasteiger partial charge >= 0.3 is 0 Å². The second kappa shape index (κ2) is 7.14. The lowest BCUT2D eigenvalue weighted by Gasteiger charge is -2.16. The van der Waals surface area contributed by atoms with Crippen molar-refractivity contribution in [2.24, 2.45) is 0 Å². The van der Waals surface area contributed by atoms with Crippen LogP contribution < -0.4 is 5.32 Å². The van der Waals surface area contributed by atoms with Crippen LogP contribution in [0.1, 0.15) is 27.9 Å². The van der Waals surface area contributed by atoms with Crippen molar-refractivity contribution >= 4 is 5.91 Å². The molecule has 1 amide bonds. The summed E-state index contributed by atoms with van der Waals surface area (Å²) in [5, 5.41) is 7.13. The van der Waals surface area contributed by atoms with E-state index in [1.807, 2.05) is 43.5 Å². The molecule has 0 spiro atoms. The van der Waals surface area contributed by atoms with Crippen molar-refractivity contribution in [3.63, 3.8) is 0 Å². The van der Waals surface area contributed by atoms with E-state index < -0.39 is 0 Å². The molecule has 2 aromatic heterocycles. The highest BCUT2D eigenvalue weighted by atomic mass is 16.5. The Bertz CT molecular complexity index is 809. The first kappa shape index (κ1) is 16.0. The second-order valence-corrected chi connectivity index (χ2v) is 5.43. The van der Waals surface area contributed by atoms with E-state index in [-0.39, 0.29) is 11.9 Å². The van der Waals surface area contributed by atoms with E-state index in [1.165, 1.54) is 0 Å². The van der Waals surface area contributed by atoms with Crippen LogP contribution in [-0.4, -0.2) is 29.4 Å². The Labute approximate surface area is 140 Å². The van der Waals surface area contributed by atoms with E-state index in [2.05, 4.69) is 10.4 Å². The molecule has 3 aromatic rings. The number of hydrogen-bond acceptors (Lipinski definition) is 4. The minimum Gasteiger partial charge on any atom is -0.464 e. The minimum absolute atomic E-state index is 0.194. The van der Waals surface area contributed by atoms with Gasteiger partial charge in [-0.1, -0.05) is 6.07 Å². The van der Waals surface area contributed by atoms with Gasteiger partial charge in [-0.15, -0.1) is 0 Å². The number of aryl methyl sites for hydroxylation is 1. The SMILES string of the molecule is COC[C@@H](NC(=O)c1cccc(-n2cccn2)c1)c1ccc(C)o1. The van der Waals surface area contributed by atoms with E-state index in [0.29, 0.717) is 17.9 Å². The third-order valence-corrected chi connectivity index (χ3v) is 3.62. The number of rotatable bonds is 6. The van der Waals surface area contributed by atoms with Crippen LogP contribution in [0.4, 0.5) is 0 Å². The summed E-state index contributed by atoms with van der Waals surface area (Å²) in [5.74, 6) is 1.27. The highest BCUT2D eigenvalue weighted by molar-refractivity contribution is 5.95. The molecular weight excluding hydrogens is 306 g/mol. The number of methoxy groups -OCH3 is 1. The van der Waals surface area contributed by atoms with Crippen molar-refractivity contribution in [1.29, 1.82) is 0 Å². The Kier molecular flexibility index (Phi) is 4.77. The van der Waals surface area contributed by atoms with Gasteiger partial charge in [-0.3, -0.25) is 4.79 Å². The molecule has 2 heterocycles. The maximum absolute atomic E-state index is 12.6. The number of benzene rings is 1. The summed E-state index contributed by atoms with van der Waals surface area (Å²) >= 11 is 0. The number of aromatic nitrogens is 2. The summed E-state index contributed by atoms with van der Waals surface area (Å²) in [7, 11) is 1.59. The predicted molar refractivity (Wildman–Crippen MR) is 89.1 cm³/mol. The maximum atomic E-state index is 12.6. The molecule has 0 bridgehead atoms. The number of hydrogen-bond donors (Lipinski definition) is 1. The Balaban J connectivity index is 1.79. The van der Waals surface area contributed by atoms with Crippen LogP contribution in [0.15, 0.2) is 59.3 Å². The molecule has 6 heteroatoms. The molecule has 0 saturated carbocycles. The van der Waals surface area contributed by atoms with Crippen LogP contribution in [0.25, 0.3) is 5.69 Å². The lowest BCUT2D eigenvalue weighted by molar-refractivity contribution is 0.0882. The monoisotopic (exact) mass is 325 g/mol. The van der Waals surface area contributed by atoms with E-state index in [1.54, 1.807) is 30.1 Å². The van der Waals surface area contributed by atoms with Crippen molar-refractivity contribution in [1.82, 2.24) is 15.1 Å². The molecular formula is C18H19N3O3. The quantitative estimate of drug-likeness (QED) is 0.756. The number of nitrogens with one attached hydrogen (secondary N) is 1. The van der Waals surface area contributed by atoms with Gasteiger partial charge in [0.05, 0.1) is 12.3 Å². The number of ether oxygens (including phenoxy) is 1. The molecule has 1 N–H and O–H groups in total. The Morgan fingerprint density at radius 3 is 2.88 bits per heavy atom. The number of carbonyl (C=O) groups is 1. The first-order valence-corrected chi connectivity index (χ1v) is 7.63. The van der Waals surface area contributed by atoms with Gasteiger partial charge in [0, 0.05) is 25.1 Å². The lowest BCUT2D eigenvalue weighted by Crippen LogP contribution is -2.31. The predicted octanol–water partition coefficient (Wildman–Crippen LogP) is 2.89. The summed E-state index contributed by atoms with van der Waals surface area (Å²) in [6.07, 6.45) is 3.52. The van der Waals surface area contributed by atoms with Crippen molar-refractivity contribution in [3.05, 3.63) is 71.9 Å². The van der Waals surface area contributed by atoms with E-state index >= 15 is 0 Å². The van der Waals surface area contributed by atoms with E-state index in [4.69, 9.17) is 9.15 Å². The normalized spacial score (nSPS) is 12.1. The summed E-state index contributed by atoms with van der Waals surface area (Å²) in [6, 6.07) is 12.5. The van der Waals surface area contributed by atoms with E-state index in [9.17, 15) is 4.79 Å². The Morgan fingerprint density at radius 2 is 2.21 bits per heavy atom. The summed E-state index contributed by atoms with van der Waals surface area (Å²) in [4.78, 5) is 12.6. The molecule has 0 radical (unpaired) electrons. The summed E-state index contributed by atoms with van der Waals surface area (Å²) in [5.41, 5.74) is 1.37. The average Bonchev–Trinajstić information content (AvgIpc) is 3.26. The highest BCUT2D eigenvalue weighted by Gasteiger charge is 2.19. The molecule has 0 aliphatic carbocycles. The summed E-state index contributed by atoms with van der Waals surface area (Å²) in [6.45, 7) is 2.19. The molecule has 0 fully saturated rings. The lowest BCUT2D eigenvalue weighted by atomic mass is 10.1. The molecule has 6 nitrogen and oxygen atoms in total. The topological polar surface area (TPSA) is 69.3 Å². The highest BCUT2D eigenvalue weighted by Crippen LogP contribution is 2.18. The van der Waals surface area contributed by atoms with Crippen LogP contribution in [0.3, 0.4) is 0 Å². The van der Waals surface area contributed by atoms with Crippen molar-refractivity contribution in [3.8, 4) is 5.69 Å². The van der Waals surface area contributed by atoms with Crippen LogP contribution in [0, 0.1) is 6.92 Å². The molecule has 1 aromatic carbocycles. The van der Waals surface area contributed by atoms with Crippen LogP contribution >= 0.6 is 0 Å². The van der Waals surface area contributed by atoms with Gasteiger partial charge in [0.2, 0.25) is 0 Å². The average molecular weight is 325 g/mol. The fourth-order valence-electron chi connectivity index (χ4n) is 2.46. The van der Waals surface area contributed by atoms with Gasteiger partial charge in [-0.05, 0) is 43.3 Å². The van der Waals surface area contributed by atoms with Crippen molar-refractivity contribution in [2.45, 2.75) is 13.0 Å². The standard InChI is InChI=1S/C18H19N3O3/c1-13-7-8-17(24-13)16(12-23-2)20-18(22)14-5-3-6-15(11-14)21-10-4-9-19-21/h3-11,16H,12H2,1-2H3,(H,20,22)/t16-/m1/s1. The van der Waals surface area contributed by atoms with Crippen LogP contribution in [0.2, 0.25) is 0 Å². The van der Waals surface area contributed by atoms with Gasteiger partial charge in [0.25, 0.3) is 5.91 Å². The number of nitrogens with zero attached hydrogens (tertiary/aromatic N) is 2. The first-order valence-electron chi connectivity index (χ1n) is 7.63. The minimum atomic E-state index is -0.343. The smallest absolute Gasteiger partial charge is 0.252 e. The maximum Gasteiger partial charge on any atom is 0.252 e. The van der Waals surface area contributed by atoms with Gasteiger partial charge in [-0.25, -0.2) is 4.68 Å². The molecule has 0 aliphatic heterocycles. The molecule has 3 rings (SSSR count). The van der Waals surface area contributed by atoms with Crippen molar-refractivity contribution < 1.29 is 13.9 Å². The van der Waals surface area contributed by atoms with Crippen molar-refractivity contribution in [2.75, 3.05) is 13.7 Å². The third kappa shape index (κ3) is 3.55. The largest absolute Gasteiger partial charge is 0.464 e. The zero-order chi connectivity index (χ0) is 16.9. The fraction of sp³-hybridized carbons (Fsp3) is 0.222. The fourth-order valence-corrected chi connectivity index (χ4v) is 2.46. The zero-order valence-corrected chi connectivity index (χ0v) is 13.6. The zero-order valence-electron chi connectivity index (χ0n) is 13.6. The number of carbonyl (C=O) groups excluding carboxylic acids is 1. The Morgan fingerprint density at radius 1 is 1.33 bits per heavy atom. The molecule has 24 heavy (non-hydrogen) atoms. The number of furan rings is 1. The van der Waals surface area contributed by atoms with Gasteiger partial charge in [0.1, 0.15) is 17.6 Å². The van der Waals surface area contributed by atoms with E-state index in [0.717, 1.165) is 11.4 Å². The van der Waals surface area contributed by atoms with Gasteiger partial charge in [-0.2, -0.15) is 5.10 Å². The summed E-state index contributed by atoms with van der Waals surface area (Å²) < 4.78 is 12.5. The molecule has 0 saturated heterocycles. The Hall–Kier alpha value is -2.86. The molecule has 1 atom stereocenters. The third-order valence-electron chi connectivity index (χ3n) is 3.62. The molecule has 0 unspecified atom stereocenters. The first-order chi connectivity index (χ1) is 11.7. The number of amides is 1. The van der Waals surface area contributed by atoms with Gasteiger partial charge < -0.3 is 14.5 Å². The molecule has 124 valence electrons. The van der Waals surface area contributed by atoms with Gasteiger partial charge in [0.15, 0.2) is 0 Å². The van der Waals surface area contributed by atoms with Crippen LogP contribution in [0.5, 0.6) is 0 Å². The van der Waals surface area contributed by atoms with Crippen LogP contribution in [-0.2, 0) is 4.74 Å². The molecule has 0 aliphatic rings.